The van der Waals surface area contributed by atoms with E-state index in [0.717, 1.165) is 36.3 Å². The molecule has 1 aliphatic heterocycles. The van der Waals surface area contributed by atoms with Gasteiger partial charge in [-0.1, -0.05) is 12.8 Å². The van der Waals surface area contributed by atoms with Crippen LogP contribution in [-0.2, 0) is 6.54 Å². The van der Waals surface area contributed by atoms with Crippen molar-refractivity contribution in [2.24, 2.45) is 4.99 Å². The monoisotopic (exact) mass is 337 g/mol. The number of aromatic nitrogens is 1. The molecule has 0 spiro atoms. The van der Waals surface area contributed by atoms with E-state index in [1.807, 2.05) is 0 Å². The molecular weight excluding hydrogens is 306 g/mol. The molecule has 0 amide bonds. The summed E-state index contributed by atoms with van der Waals surface area (Å²) in [6.07, 6.45) is 5.47. The number of aliphatic imine (C=N–C) groups is 1. The van der Waals surface area contributed by atoms with Crippen LogP contribution in [0.1, 0.15) is 48.2 Å². The highest BCUT2D eigenvalue weighted by Crippen LogP contribution is 2.16. The fraction of sp³-hybridized carbons (Fsp3) is 0.765. The molecule has 0 aliphatic carbocycles. The summed E-state index contributed by atoms with van der Waals surface area (Å²) in [4.78, 5) is 13.1. The predicted molar refractivity (Wildman–Crippen MR) is 99.3 cm³/mol. The summed E-state index contributed by atoms with van der Waals surface area (Å²) in [5, 5.41) is 7.86. The maximum atomic E-state index is 4.66. The summed E-state index contributed by atoms with van der Waals surface area (Å²) in [5.41, 5.74) is 1.12. The third-order valence-corrected chi connectivity index (χ3v) is 5.27. The van der Waals surface area contributed by atoms with E-state index in [1.54, 1.807) is 11.3 Å². The van der Waals surface area contributed by atoms with Crippen LogP contribution < -0.4 is 10.6 Å². The Labute approximate surface area is 144 Å². The van der Waals surface area contributed by atoms with E-state index in [0.29, 0.717) is 6.54 Å². The van der Waals surface area contributed by atoms with Crippen LogP contribution in [0.15, 0.2) is 4.99 Å². The van der Waals surface area contributed by atoms with E-state index < -0.39 is 0 Å². The third-order valence-electron chi connectivity index (χ3n) is 4.21. The molecule has 5 nitrogen and oxygen atoms in total. The maximum absolute atomic E-state index is 4.66. The van der Waals surface area contributed by atoms with Gasteiger partial charge in [0.05, 0.1) is 12.2 Å². The smallest absolute Gasteiger partial charge is 0.191 e. The van der Waals surface area contributed by atoms with Crippen molar-refractivity contribution in [3.63, 3.8) is 0 Å². The standard InChI is InChI=1S/C17H31N5S/c1-4-18-17(20-13-16-21-14(2)15(3)23-16)19-9-12-22-10-7-5-6-8-11-22/h4-13H2,1-3H3,(H2,18,19,20). The van der Waals surface area contributed by atoms with Crippen LogP contribution in [0.2, 0.25) is 0 Å². The fourth-order valence-electron chi connectivity index (χ4n) is 2.79. The van der Waals surface area contributed by atoms with Crippen LogP contribution in [-0.4, -0.2) is 48.6 Å². The second kappa shape index (κ2) is 9.88. The SMILES string of the molecule is CCNC(=NCc1nc(C)c(C)s1)NCCN1CCCCCC1. The van der Waals surface area contributed by atoms with Crippen molar-refractivity contribution in [3.05, 3.63) is 15.6 Å². The lowest BCUT2D eigenvalue weighted by Gasteiger charge is -2.20. The highest BCUT2D eigenvalue weighted by molar-refractivity contribution is 7.11. The Morgan fingerprint density at radius 3 is 2.52 bits per heavy atom. The Balaban J connectivity index is 1.79. The third kappa shape index (κ3) is 6.47. The van der Waals surface area contributed by atoms with E-state index in [1.165, 1.54) is 43.6 Å². The van der Waals surface area contributed by atoms with Crippen molar-refractivity contribution in [1.82, 2.24) is 20.5 Å². The summed E-state index contributed by atoms with van der Waals surface area (Å²) in [6, 6.07) is 0. The van der Waals surface area contributed by atoms with Crippen molar-refractivity contribution < 1.29 is 0 Å². The van der Waals surface area contributed by atoms with Gasteiger partial charge in [-0.2, -0.15) is 0 Å². The lowest BCUT2D eigenvalue weighted by Crippen LogP contribution is -2.41. The molecule has 130 valence electrons. The van der Waals surface area contributed by atoms with Gasteiger partial charge in [0, 0.05) is 24.5 Å². The number of rotatable bonds is 6. The average Bonchev–Trinajstić information content (AvgIpc) is 2.73. The molecule has 0 atom stereocenters. The highest BCUT2D eigenvalue weighted by atomic mass is 32.1. The lowest BCUT2D eigenvalue weighted by molar-refractivity contribution is 0.289. The van der Waals surface area contributed by atoms with Crippen LogP contribution in [0.3, 0.4) is 0 Å². The minimum Gasteiger partial charge on any atom is -0.357 e. The minimum absolute atomic E-state index is 0.651. The molecule has 0 bridgehead atoms. The van der Waals surface area contributed by atoms with Crippen LogP contribution >= 0.6 is 11.3 Å². The van der Waals surface area contributed by atoms with Gasteiger partial charge in [-0.25, -0.2) is 9.98 Å². The number of nitrogens with one attached hydrogen (secondary N) is 2. The normalized spacial score (nSPS) is 17.1. The van der Waals surface area contributed by atoms with E-state index in [9.17, 15) is 0 Å². The van der Waals surface area contributed by atoms with E-state index >= 15 is 0 Å². The fourth-order valence-corrected chi connectivity index (χ4v) is 3.65. The zero-order chi connectivity index (χ0) is 16.5. The quantitative estimate of drug-likeness (QED) is 0.619. The van der Waals surface area contributed by atoms with E-state index in [2.05, 4.69) is 46.3 Å². The van der Waals surface area contributed by atoms with Crippen molar-refractivity contribution in [2.75, 3.05) is 32.7 Å². The van der Waals surface area contributed by atoms with Crippen LogP contribution in [0.5, 0.6) is 0 Å². The Hall–Kier alpha value is -1.14. The van der Waals surface area contributed by atoms with Gasteiger partial charge in [0.25, 0.3) is 0 Å². The van der Waals surface area contributed by atoms with Crippen molar-refractivity contribution in [2.45, 2.75) is 53.0 Å². The number of hydrogen-bond donors (Lipinski definition) is 2. The maximum Gasteiger partial charge on any atom is 0.191 e. The summed E-state index contributed by atoms with van der Waals surface area (Å²) in [5.74, 6) is 0.896. The average molecular weight is 338 g/mol. The molecule has 2 rings (SSSR count). The second-order valence-corrected chi connectivity index (χ2v) is 7.41. The minimum atomic E-state index is 0.651. The first kappa shape index (κ1) is 18.2. The molecule has 1 aromatic heterocycles. The topological polar surface area (TPSA) is 52.6 Å². The van der Waals surface area contributed by atoms with E-state index in [-0.39, 0.29) is 0 Å². The van der Waals surface area contributed by atoms with Crippen LogP contribution in [0.25, 0.3) is 0 Å². The number of likely N-dealkylation sites (tertiary alicyclic amines) is 1. The lowest BCUT2D eigenvalue weighted by atomic mass is 10.2. The molecule has 1 fully saturated rings. The van der Waals surface area contributed by atoms with Gasteiger partial charge in [-0.05, 0) is 46.7 Å². The molecule has 2 heterocycles. The molecule has 0 saturated carbocycles. The molecule has 0 aromatic carbocycles. The highest BCUT2D eigenvalue weighted by Gasteiger charge is 2.09. The van der Waals surface area contributed by atoms with E-state index in [4.69, 9.17) is 0 Å². The van der Waals surface area contributed by atoms with Crippen LogP contribution in [0.4, 0.5) is 0 Å². The Morgan fingerprint density at radius 2 is 1.91 bits per heavy atom. The zero-order valence-electron chi connectivity index (χ0n) is 14.8. The van der Waals surface area contributed by atoms with Gasteiger partial charge in [-0.3, -0.25) is 0 Å². The number of thiazole rings is 1. The largest absolute Gasteiger partial charge is 0.357 e. The summed E-state index contributed by atoms with van der Waals surface area (Å²) in [6.45, 7) is 12.3. The van der Waals surface area contributed by atoms with Gasteiger partial charge in [0.2, 0.25) is 0 Å². The number of hydrogen-bond acceptors (Lipinski definition) is 4. The second-order valence-electron chi connectivity index (χ2n) is 6.13. The van der Waals surface area contributed by atoms with Crippen LogP contribution in [0, 0.1) is 13.8 Å². The number of guanidine groups is 1. The van der Waals surface area contributed by atoms with Gasteiger partial charge >= 0.3 is 0 Å². The number of nitrogens with zero attached hydrogens (tertiary/aromatic N) is 3. The molecule has 1 saturated heterocycles. The number of aryl methyl sites for hydroxylation is 2. The van der Waals surface area contributed by atoms with Crippen molar-refractivity contribution >= 4 is 17.3 Å². The van der Waals surface area contributed by atoms with Gasteiger partial charge < -0.3 is 15.5 Å². The van der Waals surface area contributed by atoms with Crippen molar-refractivity contribution in [1.29, 1.82) is 0 Å². The molecular formula is C17H31N5S. The van der Waals surface area contributed by atoms with Crippen molar-refractivity contribution in [3.8, 4) is 0 Å². The Bertz CT molecular complexity index is 470. The summed E-state index contributed by atoms with van der Waals surface area (Å²) >= 11 is 1.74. The Morgan fingerprint density at radius 1 is 1.17 bits per heavy atom. The molecule has 6 heteroatoms. The molecule has 1 aromatic rings. The molecule has 2 N–H and O–H groups in total. The van der Waals surface area contributed by atoms with Gasteiger partial charge in [0.1, 0.15) is 5.01 Å². The summed E-state index contributed by atoms with van der Waals surface area (Å²) < 4.78 is 0. The predicted octanol–water partition coefficient (Wildman–Crippen LogP) is 2.69. The summed E-state index contributed by atoms with van der Waals surface area (Å²) in [7, 11) is 0. The molecule has 0 radical (unpaired) electrons. The first-order chi connectivity index (χ1) is 11.2. The first-order valence-electron chi connectivity index (χ1n) is 8.86. The van der Waals surface area contributed by atoms with Gasteiger partial charge in [0.15, 0.2) is 5.96 Å². The Kier molecular flexibility index (Phi) is 7.82. The molecule has 0 unspecified atom stereocenters. The first-order valence-corrected chi connectivity index (χ1v) is 9.68. The zero-order valence-corrected chi connectivity index (χ0v) is 15.6. The molecule has 1 aliphatic rings. The van der Waals surface area contributed by atoms with Gasteiger partial charge in [-0.15, -0.1) is 11.3 Å². The molecule has 23 heavy (non-hydrogen) atoms.